The van der Waals surface area contributed by atoms with E-state index >= 15 is 0 Å². The molecule has 0 fully saturated rings. The Labute approximate surface area is 125 Å². The van der Waals surface area contributed by atoms with Crippen LogP contribution < -0.4 is 5.32 Å². The molecular weight excluding hydrogens is 262 g/mol. The largest absolute Gasteiger partial charge is 0.346 e. The second-order valence-electron chi connectivity index (χ2n) is 6.16. The van der Waals surface area contributed by atoms with Crippen LogP contribution in [0.4, 0.5) is 0 Å². The Morgan fingerprint density at radius 2 is 1.81 bits per heavy atom. The van der Waals surface area contributed by atoms with Gasteiger partial charge in [0.25, 0.3) is 5.91 Å². The van der Waals surface area contributed by atoms with Crippen molar-refractivity contribution in [3.63, 3.8) is 0 Å². The molecule has 1 amide bonds. The van der Waals surface area contributed by atoms with Gasteiger partial charge in [0, 0.05) is 11.3 Å². The fourth-order valence-corrected chi connectivity index (χ4v) is 2.00. The molecule has 0 saturated heterocycles. The third-order valence-corrected chi connectivity index (χ3v) is 3.30. The van der Waals surface area contributed by atoms with Crippen LogP contribution in [0.5, 0.6) is 0 Å². The van der Waals surface area contributed by atoms with Gasteiger partial charge in [-0.05, 0) is 36.1 Å². The van der Waals surface area contributed by atoms with Gasteiger partial charge in [-0.2, -0.15) is 0 Å². The van der Waals surface area contributed by atoms with Crippen molar-refractivity contribution < 1.29 is 4.79 Å². The minimum atomic E-state index is -0.0910. The second-order valence-corrected chi connectivity index (χ2v) is 6.16. The molecule has 0 aliphatic heterocycles. The lowest BCUT2D eigenvalue weighted by atomic mass is 9.87. The summed E-state index contributed by atoms with van der Waals surface area (Å²) < 4.78 is 0. The molecule has 0 aliphatic carbocycles. The van der Waals surface area contributed by atoms with E-state index in [1.165, 1.54) is 11.9 Å². The predicted octanol–water partition coefficient (Wildman–Crippen LogP) is 3.01. The van der Waals surface area contributed by atoms with E-state index in [2.05, 4.69) is 36.1 Å². The van der Waals surface area contributed by atoms with Crippen molar-refractivity contribution in [2.24, 2.45) is 0 Å². The molecule has 0 spiro atoms. The zero-order chi connectivity index (χ0) is 15.5. The van der Waals surface area contributed by atoms with E-state index in [9.17, 15) is 4.79 Å². The Morgan fingerprint density at radius 1 is 1.14 bits per heavy atom. The van der Waals surface area contributed by atoms with Crippen LogP contribution >= 0.6 is 0 Å². The summed E-state index contributed by atoms with van der Waals surface area (Å²) in [6, 6.07) is 9.60. The molecule has 110 valence electrons. The molecule has 0 saturated carbocycles. The molecule has 4 heteroatoms. The Hall–Kier alpha value is -2.23. The van der Waals surface area contributed by atoms with Crippen molar-refractivity contribution in [3.8, 4) is 0 Å². The number of carbonyl (C=O) groups excluding carboxylic acids is 1. The van der Waals surface area contributed by atoms with Gasteiger partial charge in [-0.1, -0.05) is 32.9 Å². The standard InChI is InChI=1S/C17H21N3O/c1-12-9-15(20-11-19-12)10-18-16(21)13-5-7-14(8-6-13)17(2,3)4/h5-9,11H,10H2,1-4H3,(H,18,21). The molecular formula is C17H21N3O. The molecule has 1 N–H and O–H groups in total. The Bertz CT molecular complexity index is 627. The van der Waals surface area contributed by atoms with E-state index in [1.54, 1.807) is 0 Å². The summed E-state index contributed by atoms with van der Waals surface area (Å²) >= 11 is 0. The maximum Gasteiger partial charge on any atom is 0.251 e. The lowest BCUT2D eigenvalue weighted by Gasteiger charge is -2.19. The fourth-order valence-electron chi connectivity index (χ4n) is 2.00. The summed E-state index contributed by atoms with van der Waals surface area (Å²) in [5.74, 6) is -0.0910. The van der Waals surface area contributed by atoms with Gasteiger partial charge in [0.05, 0.1) is 12.2 Å². The molecule has 0 atom stereocenters. The first-order valence-corrected chi connectivity index (χ1v) is 7.02. The van der Waals surface area contributed by atoms with Crippen molar-refractivity contribution in [1.82, 2.24) is 15.3 Å². The number of carbonyl (C=O) groups is 1. The summed E-state index contributed by atoms with van der Waals surface area (Å²) in [5.41, 5.74) is 3.67. The number of benzene rings is 1. The average Bonchev–Trinajstić information content (AvgIpc) is 2.44. The summed E-state index contributed by atoms with van der Waals surface area (Å²) in [7, 11) is 0. The zero-order valence-electron chi connectivity index (χ0n) is 13.0. The van der Waals surface area contributed by atoms with Gasteiger partial charge < -0.3 is 5.32 Å². The molecule has 4 nitrogen and oxygen atoms in total. The minimum absolute atomic E-state index is 0.0908. The minimum Gasteiger partial charge on any atom is -0.346 e. The van der Waals surface area contributed by atoms with Crippen LogP contribution in [0.3, 0.4) is 0 Å². The zero-order valence-corrected chi connectivity index (χ0v) is 13.0. The van der Waals surface area contributed by atoms with E-state index in [0.29, 0.717) is 12.1 Å². The van der Waals surface area contributed by atoms with E-state index in [4.69, 9.17) is 0 Å². The van der Waals surface area contributed by atoms with Crippen molar-refractivity contribution >= 4 is 5.91 Å². The molecule has 1 aromatic carbocycles. The molecule has 2 aromatic rings. The number of hydrogen-bond acceptors (Lipinski definition) is 3. The van der Waals surface area contributed by atoms with Crippen LogP contribution in [-0.2, 0) is 12.0 Å². The van der Waals surface area contributed by atoms with Crippen LogP contribution in [0.2, 0.25) is 0 Å². The van der Waals surface area contributed by atoms with Crippen LogP contribution in [0, 0.1) is 6.92 Å². The first-order valence-electron chi connectivity index (χ1n) is 7.02. The Morgan fingerprint density at radius 3 is 2.38 bits per heavy atom. The van der Waals surface area contributed by atoms with Gasteiger partial charge in [-0.3, -0.25) is 4.79 Å². The number of hydrogen-bond donors (Lipinski definition) is 1. The molecule has 1 heterocycles. The number of amides is 1. The summed E-state index contributed by atoms with van der Waals surface area (Å²) in [6.07, 6.45) is 1.51. The van der Waals surface area contributed by atoms with Crippen LogP contribution in [0.25, 0.3) is 0 Å². The fraction of sp³-hybridized carbons (Fsp3) is 0.353. The number of aromatic nitrogens is 2. The topological polar surface area (TPSA) is 54.9 Å². The molecule has 0 unspecified atom stereocenters. The molecule has 2 rings (SSSR count). The van der Waals surface area contributed by atoms with E-state index in [1.807, 2.05) is 37.3 Å². The van der Waals surface area contributed by atoms with Crippen LogP contribution in [-0.4, -0.2) is 15.9 Å². The van der Waals surface area contributed by atoms with E-state index < -0.39 is 0 Å². The van der Waals surface area contributed by atoms with Crippen LogP contribution in [0.15, 0.2) is 36.7 Å². The van der Waals surface area contributed by atoms with E-state index in [0.717, 1.165) is 11.4 Å². The average molecular weight is 283 g/mol. The first kappa shape index (κ1) is 15.2. The van der Waals surface area contributed by atoms with Gasteiger partial charge >= 0.3 is 0 Å². The molecule has 0 aliphatic rings. The summed E-state index contributed by atoms with van der Waals surface area (Å²) in [5, 5.41) is 2.87. The Kier molecular flexibility index (Phi) is 4.36. The van der Waals surface area contributed by atoms with Crippen molar-refractivity contribution in [2.75, 3.05) is 0 Å². The predicted molar refractivity (Wildman–Crippen MR) is 83.1 cm³/mol. The SMILES string of the molecule is Cc1cc(CNC(=O)c2ccc(C(C)(C)C)cc2)ncn1. The molecule has 0 bridgehead atoms. The van der Waals surface area contributed by atoms with Gasteiger partial charge in [0.1, 0.15) is 6.33 Å². The van der Waals surface area contributed by atoms with Gasteiger partial charge in [-0.15, -0.1) is 0 Å². The highest BCUT2D eigenvalue weighted by Gasteiger charge is 2.14. The molecule has 1 aromatic heterocycles. The highest BCUT2D eigenvalue weighted by Crippen LogP contribution is 2.22. The summed E-state index contributed by atoms with van der Waals surface area (Å²) in [6.45, 7) is 8.76. The molecule has 0 radical (unpaired) electrons. The van der Waals surface area contributed by atoms with E-state index in [-0.39, 0.29) is 11.3 Å². The van der Waals surface area contributed by atoms with Crippen molar-refractivity contribution in [1.29, 1.82) is 0 Å². The summed E-state index contributed by atoms with van der Waals surface area (Å²) in [4.78, 5) is 20.3. The number of rotatable bonds is 3. The number of nitrogens with one attached hydrogen (secondary N) is 1. The maximum atomic E-state index is 12.1. The second kappa shape index (κ2) is 6.04. The maximum absolute atomic E-state index is 12.1. The normalized spacial score (nSPS) is 11.2. The lowest BCUT2D eigenvalue weighted by Crippen LogP contribution is -2.23. The lowest BCUT2D eigenvalue weighted by molar-refractivity contribution is 0.0950. The quantitative estimate of drug-likeness (QED) is 0.942. The van der Waals surface area contributed by atoms with Crippen LogP contribution in [0.1, 0.15) is 48.1 Å². The number of nitrogens with zero attached hydrogens (tertiary/aromatic N) is 2. The monoisotopic (exact) mass is 283 g/mol. The van der Waals surface area contributed by atoms with Gasteiger partial charge in [-0.25, -0.2) is 9.97 Å². The van der Waals surface area contributed by atoms with Gasteiger partial charge in [0.15, 0.2) is 0 Å². The smallest absolute Gasteiger partial charge is 0.251 e. The third-order valence-electron chi connectivity index (χ3n) is 3.30. The molecule has 21 heavy (non-hydrogen) atoms. The third kappa shape index (κ3) is 4.12. The highest BCUT2D eigenvalue weighted by molar-refractivity contribution is 5.94. The Balaban J connectivity index is 2.00. The van der Waals surface area contributed by atoms with Crippen molar-refractivity contribution in [2.45, 2.75) is 39.7 Å². The van der Waals surface area contributed by atoms with Crippen molar-refractivity contribution in [3.05, 3.63) is 59.2 Å². The highest BCUT2D eigenvalue weighted by atomic mass is 16.1. The first-order chi connectivity index (χ1) is 9.86. The van der Waals surface area contributed by atoms with Gasteiger partial charge in [0.2, 0.25) is 0 Å². The number of aryl methyl sites for hydroxylation is 1.